The lowest BCUT2D eigenvalue weighted by atomic mass is 9.89. The van der Waals surface area contributed by atoms with Crippen LogP contribution in [0.4, 0.5) is 10.1 Å². The van der Waals surface area contributed by atoms with Crippen molar-refractivity contribution in [2.24, 2.45) is 11.8 Å². The molecule has 3 heterocycles. The Morgan fingerprint density at radius 1 is 1.21 bits per heavy atom. The lowest BCUT2D eigenvalue weighted by Crippen LogP contribution is -2.41. The zero-order valence-electron chi connectivity index (χ0n) is 19.4. The minimum Gasteiger partial charge on any atom is -0.494 e. The number of rotatable bonds is 7. The number of carbonyl (C=O) groups excluding carboxylic acids is 1. The van der Waals surface area contributed by atoms with E-state index in [9.17, 15) is 9.18 Å². The molecule has 0 bridgehead atoms. The average Bonchev–Trinajstić information content (AvgIpc) is 3.29. The van der Waals surface area contributed by atoms with Gasteiger partial charge < -0.3 is 25.0 Å². The van der Waals surface area contributed by atoms with E-state index in [1.807, 2.05) is 37.4 Å². The summed E-state index contributed by atoms with van der Waals surface area (Å²) in [6, 6.07) is 12.9. The summed E-state index contributed by atoms with van der Waals surface area (Å²) in [6.07, 6.45) is 0.958. The highest BCUT2D eigenvalue weighted by atomic mass is 19.1. The lowest BCUT2D eigenvalue weighted by molar-refractivity contribution is -0.127. The van der Waals surface area contributed by atoms with E-state index in [2.05, 4.69) is 15.5 Å². The molecule has 178 valence electrons. The predicted molar refractivity (Wildman–Crippen MR) is 130 cm³/mol. The summed E-state index contributed by atoms with van der Waals surface area (Å²) in [4.78, 5) is 19.5. The first-order chi connectivity index (χ1) is 16.6. The van der Waals surface area contributed by atoms with E-state index in [0.717, 1.165) is 42.2 Å². The SMILES string of the molecule is CNCCOc1ccc(-c2cc(N3C[C@@H]4CCNC(=O)[C@@H]4C3)c3cc(F)c(OC)cc3n2)cc1. The highest BCUT2D eigenvalue weighted by molar-refractivity contribution is 5.96. The molecule has 0 spiro atoms. The third-order valence-electron chi connectivity index (χ3n) is 6.76. The van der Waals surface area contributed by atoms with Crippen molar-refractivity contribution in [3.05, 3.63) is 48.3 Å². The number of carbonyl (C=O) groups is 1. The summed E-state index contributed by atoms with van der Waals surface area (Å²) < 4.78 is 25.6. The molecule has 1 aromatic heterocycles. The number of anilines is 1. The first-order valence-corrected chi connectivity index (χ1v) is 11.7. The minimum atomic E-state index is -0.428. The van der Waals surface area contributed by atoms with Gasteiger partial charge in [0.1, 0.15) is 12.4 Å². The van der Waals surface area contributed by atoms with E-state index < -0.39 is 5.82 Å². The van der Waals surface area contributed by atoms with Crippen LogP contribution in [0, 0.1) is 17.7 Å². The van der Waals surface area contributed by atoms with E-state index in [1.165, 1.54) is 13.2 Å². The van der Waals surface area contributed by atoms with Crippen LogP contribution in [0.5, 0.6) is 11.5 Å². The van der Waals surface area contributed by atoms with E-state index in [1.54, 1.807) is 6.07 Å². The Hall–Kier alpha value is -3.39. The van der Waals surface area contributed by atoms with E-state index in [4.69, 9.17) is 14.5 Å². The summed E-state index contributed by atoms with van der Waals surface area (Å²) in [6.45, 7) is 3.45. The van der Waals surface area contributed by atoms with E-state index in [-0.39, 0.29) is 17.6 Å². The monoisotopic (exact) mass is 464 g/mol. The number of amides is 1. The highest BCUT2D eigenvalue weighted by Gasteiger charge is 2.40. The van der Waals surface area contributed by atoms with Crippen LogP contribution in [0.1, 0.15) is 6.42 Å². The van der Waals surface area contributed by atoms with Crippen molar-refractivity contribution in [1.29, 1.82) is 0 Å². The number of likely N-dealkylation sites (N-methyl/N-ethyl adjacent to an activating group) is 1. The third-order valence-corrected chi connectivity index (χ3v) is 6.76. The van der Waals surface area contributed by atoms with Crippen molar-refractivity contribution in [3.63, 3.8) is 0 Å². The van der Waals surface area contributed by atoms with Crippen LogP contribution in [0.2, 0.25) is 0 Å². The zero-order valence-corrected chi connectivity index (χ0v) is 19.4. The standard InChI is InChI=1S/C26H29FN4O3/c1-28-9-10-34-18-5-3-16(4-6-18)22-12-24(19-11-21(27)25(33-2)13-23(19)30-22)31-14-17-7-8-29-26(32)20(17)15-31/h3-6,11-13,17,20,28H,7-10,14-15H2,1-2H3,(H,29,32)/t17-,20+/m0/s1. The summed E-state index contributed by atoms with van der Waals surface area (Å²) in [5.41, 5.74) is 3.25. The Morgan fingerprint density at radius 3 is 2.76 bits per heavy atom. The van der Waals surface area contributed by atoms with Crippen molar-refractivity contribution < 1.29 is 18.7 Å². The van der Waals surface area contributed by atoms with Gasteiger partial charge in [-0.05, 0) is 55.8 Å². The maximum Gasteiger partial charge on any atom is 0.225 e. The van der Waals surface area contributed by atoms with Crippen molar-refractivity contribution in [2.75, 3.05) is 51.8 Å². The largest absolute Gasteiger partial charge is 0.494 e. The second kappa shape index (κ2) is 9.46. The van der Waals surface area contributed by atoms with Crippen LogP contribution < -0.4 is 25.0 Å². The lowest BCUT2D eigenvalue weighted by Gasteiger charge is -2.23. The number of halogens is 1. The third kappa shape index (κ3) is 4.25. The number of hydrogen-bond donors (Lipinski definition) is 2. The molecule has 2 fully saturated rings. The van der Waals surface area contributed by atoms with Gasteiger partial charge in [0.2, 0.25) is 5.91 Å². The molecule has 0 saturated carbocycles. The Morgan fingerprint density at radius 2 is 2.03 bits per heavy atom. The number of ether oxygens (including phenoxy) is 2. The molecule has 2 saturated heterocycles. The number of benzene rings is 2. The smallest absolute Gasteiger partial charge is 0.225 e. The zero-order chi connectivity index (χ0) is 23.7. The number of piperidine rings is 1. The van der Waals surface area contributed by atoms with Gasteiger partial charge in [-0.15, -0.1) is 0 Å². The van der Waals surface area contributed by atoms with Gasteiger partial charge in [0.05, 0.1) is 24.2 Å². The maximum absolute atomic E-state index is 14.7. The fourth-order valence-electron chi connectivity index (χ4n) is 4.94. The van der Waals surface area contributed by atoms with Crippen LogP contribution in [0.15, 0.2) is 42.5 Å². The van der Waals surface area contributed by atoms with Crippen LogP contribution in [-0.2, 0) is 4.79 Å². The van der Waals surface area contributed by atoms with Crippen molar-refractivity contribution in [3.8, 4) is 22.8 Å². The molecule has 8 heteroatoms. The second-order valence-corrected chi connectivity index (χ2v) is 8.86. The van der Waals surface area contributed by atoms with Gasteiger partial charge in [-0.3, -0.25) is 4.79 Å². The molecular weight excluding hydrogens is 435 g/mol. The summed E-state index contributed by atoms with van der Waals surface area (Å²) in [5.74, 6) is 0.890. The molecule has 34 heavy (non-hydrogen) atoms. The first kappa shape index (κ1) is 22.4. The quantitative estimate of drug-likeness (QED) is 0.523. The van der Waals surface area contributed by atoms with Crippen LogP contribution in [-0.4, -0.2) is 57.8 Å². The van der Waals surface area contributed by atoms with E-state index in [0.29, 0.717) is 36.5 Å². The number of hydrogen-bond acceptors (Lipinski definition) is 6. The molecule has 7 nitrogen and oxygen atoms in total. The Balaban J connectivity index is 1.54. The number of fused-ring (bicyclic) bond motifs is 2. The van der Waals surface area contributed by atoms with Gasteiger partial charge in [0, 0.05) is 48.9 Å². The fraction of sp³-hybridized carbons (Fsp3) is 0.385. The summed E-state index contributed by atoms with van der Waals surface area (Å²) >= 11 is 0. The van der Waals surface area contributed by atoms with Gasteiger partial charge in [-0.1, -0.05) is 0 Å². The molecule has 1 amide bonds. The van der Waals surface area contributed by atoms with E-state index >= 15 is 0 Å². The molecule has 2 aromatic carbocycles. The summed E-state index contributed by atoms with van der Waals surface area (Å²) in [7, 11) is 3.34. The second-order valence-electron chi connectivity index (χ2n) is 8.86. The molecule has 0 radical (unpaired) electrons. The Bertz CT molecular complexity index is 1200. The summed E-state index contributed by atoms with van der Waals surface area (Å²) in [5, 5.41) is 6.75. The van der Waals surface area contributed by atoms with Gasteiger partial charge in [-0.2, -0.15) is 0 Å². The Kier molecular flexibility index (Phi) is 6.24. The number of pyridine rings is 1. The number of aromatic nitrogens is 1. The predicted octanol–water partition coefficient (Wildman–Crippen LogP) is 3.22. The van der Waals surface area contributed by atoms with Gasteiger partial charge in [0.25, 0.3) is 0 Å². The fourth-order valence-corrected chi connectivity index (χ4v) is 4.94. The molecular formula is C26H29FN4O3. The van der Waals surface area contributed by atoms with Gasteiger partial charge >= 0.3 is 0 Å². The number of nitrogens with zero attached hydrogens (tertiary/aromatic N) is 2. The van der Waals surface area contributed by atoms with Crippen molar-refractivity contribution >= 4 is 22.5 Å². The number of nitrogens with one attached hydrogen (secondary N) is 2. The first-order valence-electron chi connectivity index (χ1n) is 11.7. The van der Waals surface area contributed by atoms with Gasteiger partial charge in [-0.25, -0.2) is 9.37 Å². The van der Waals surface area contributed by atoms with Crippen molar-refractivity contribution in [2.45, 2.75) is 6.42 Å². The molecule has 2 aliphatic heterocycles. The molecule has 0 unspecified atom stereocenters. The van der Waals surface area contributed by atoms with Crippen LogP contribution >= 0.6 is 0 Å². The molecule has 2 aliphatic rings. The van der Waals surface area contributed by atoms with Crippen LogP contribution in [0.25, 0.3) is 22.2 Å². The van der Waals surface area contributed by atoms with Gasteiger partial charge in [0.15, 0.2) is 11.6 Å². The normalized spacial score (nSPS) is 19.7. The molecule has 2 N–H and O–H groups in total. The Labute approximate surface area is 198 Å². The highest BCUT2D eigenvalue weighted by Crippen LogP contribution is 2.39. The minimum absolute atomic E-state index is 0.0439. The topological polar surface area (TPSA) is 75.7 Å². The maximum atomic E-state index is 14.7. The average molecular weight is 465 g/mol. The molecule has 3 aromatic rings. The van der Waals surface area contributed by atoms with Crippen LogP contribution in [0.3, 0.4) is 0 Å². The van der Waals surface area contributed by atoms with Crippen molar-refractivity contribution in [1.82, 2.24) is 15.6 Å². The molecule has 2 atom stereocenters. The molecule has 5 rings (SSSR count). The molecule has 0 aliphatic carbocycles. The number of methoxy groups -OCH3 is 1.